The Balaban J connectivity index is 2.45. The van der Waals surface area contributed by atoms with Crippen molar-refractivity contribution in [2.75, 3.05) is 32.5 Å². The summed E-state index contributed by atoms with van der Waals surface area (Å²) in [6.45, 7) is 6.22. The fourth-order valence-electron chi connectivity index (χ4n) is 1.90. The van der Waals surface area contributed by atoms with Crippen LogP contribution in [0.25, 0.3) is 0 Å². The third-order valence-corrected chi connectivity index (χ3v) is 3.41. The van der Waals surface area contributed by atoms with Crippen molar-refractivity contribution in [3.05, 3.63) is 29.8 Å². The molecule has 0 aliphatic heterocycles. The summed E-state index contributed by atoms with van der Waals surface area (Å²) in [5.41, 5.74) is 8.22. The number of aliphatic imine (C=N–C) groups is 1. The zero-order valence-corrected chi connectivity index (χ0v) is 13.2. The van der Waals surface area contributed by atoms with Gasteiger partial charge in [0.1, 0.15) is 0 Å². The molecule has 1 aromatic rings. The van der Waals surface area contributed by atoms with E-state index in [1.54, 1.807) is 0 Å². The number of anilines is 1. The lowest BCUT2D eigenvalue weighted by molar-refractivity contribution is 0.403. The highest BCUT2D eigenvalue weighted by molar-refractivity contribution is 5.92. The van der Waals surface area contributed by atoms with Crippen LogP contribution in [0.5, 0.6) is 0 Å². The molecule has 0 radical (unpaired) electrons. The zero-order chi connectivity index (χ0) is 15.0. The first kappa shape index (κ1) is 16.5. The molecule has 0 bridgehead atoms. The van der Waals surface area contributed by atoms with Crippen LogP contribution in [0.1, 0.15) is 38.2 Å². The predicted octanol–water partition coefficient (Wildman–Crippen LogP) is 2.88. The van der Waals surface area contributed by atoms with Crippen molar-refractivity contribution in [3.8, 4) is 0 Å². The summed E-state index contributed by atoms with van der Waals surface area (Å²) in [5.74, 6) is 1.08. The maximum absolute atomic E-state index is 5.87. The van der Waals surface area contributed by atoms with Gasteiger partial charge in [0, 0.05) is 12.2 Å². The van der Waals surface area contributed by atoms with Gasteiger partial charge in [-0.15, -0.1) is 0 Å². The Hall–Kier alpha value is -1.55. The lowest BCUT2D eigenvalue weighted by Gasteiger charge is -2.11. The van der Waals surface area contributed by atoms with Gasteiger partial charge in [0.05, 0.1) is 0 Å². The molecule has 0 saturated carbocycles. The van der Waals surface area contributed by atoms with E-state index < -0.39 is 0 Å². The van der Waals surface area contributed by atoms with Gasteiger partial charge in [0.25, 0.3) is 0 Å². The van der Waals surface area contributed by atoms with E-state index >= 15 is 0 Å². The minimum absolute atomic E-state index is 0.486. The van der Waals surface area contributed by atoms with E-state index in [-0.39, 0.29) is 0 Å². The Labute approximate surface area is 123 Å². The highest BCUT2D eigenvalue weighted by atomic mass is 15.1. The van der Waals surface area contributed by atoms with Crippen molar-refractivity contribution in [1.29, 1.82) is 0 Å². The number of rotatable bonds is 7. The summed E-state index contributed by atoms with van der Waals surface area (Å²) in [6.07, 6.45) is 2.17. The van der Waals surface area contributed by atoms with Crippen LogP contribution in [0, 0.1) is 0 Å². The molecule has 4 heteroatoms. The first-order chi connectivity index (χ1) is 9.52. The standard InChI is InChI=1S/C16H28N4/c1-5-13(2)14-7-9-15(10-8-14)19-16(17)18-11-6-12-20(3)4/h7-10,13H,5-6,11-12H2,1-4H3,(H3,17,18,19). The summed E-state index contributed by atoms with van der Waals surface area (Å²) in [5, 5.41) is 3.13. The summed E-state index contributed by atoms with van der Waals surface area (Å²) in [6, 6.07) is 8.42. The average Bonchev–Trinajstić information content (AvgIpc) is 2.43. The quantitative estimate of drug-likeness (QED) is 0.457. The highest BCUT2D eigenvalue weighted by Crippen LogP contribution is 2.20. The fraction of sp³-hybridized carbons (Fsp3) is 0.562. The Morgan fingerprint density at radius 2 is 1.95 bits per heavy atom. The van der Waals surface area contributed by atoms with Gasteiger partial charge < -0.3 is 16.0 Å². The molecule has 1 aromatic carbocycles. The monoisotopic (exact) mass is 276 g/mol. The van der Waals surface area contributed by atoms with Crippen LogP contribution in [0.3, 0.4) is 0 Å². The molecular weight excluding hydrogens is 248 g/mol. The van der Waals surface area contributed by atoms with E-state index in [4.69, 9.17) is 5.73 Å². The molecule has 0 fully saturated rings. The fourth-order valence-corrected chi connectivity index (χ4v) is 1.90. The molecule has 0 aliphatic rings. The Morgan fingerprint density at radius 1 is 1.30 bits per heavy atom. The Morgan fingerprint density at radius 3 is 2.50 bits per heavy atom. The molecule has 20 heavy (non-hydrogen) atoms. The highest BCUT2D eigenvalue weighted by Gasteiger charge is 2.02. The van der Waals surface area contributed by atoms with Crippen LogP contribution in [-0.2, 0) is 0 Å². The Bertz CT molecular complexity index is 409. The third-order valence-electron chi connectivity index (χ3n) is 3.41. The second kappa shape index (κ2) is 8.59. The van der Waals surface area contributed by atoms with E-state index in [1.165, 1.54) is 5.56 Å². The number of hydrogen-bond donors (Lipinski definition) is 2. The van der Waals surface area contributed by atoms with E-state index in [0.717, 1.165) is 31.6 Å². The van der Waals surface area contributed by atoms with Gasteiger partial charge in [0.2, 0.25) is 0 Å². The van der Waals surface area contributed by atoms with Gasteiger partial charge in [-0.1, -0.05) is 26.0 Å². The molecule has 0 aliphatic carbocycles. The molecule has 3 N–H and O–H groups in total. The second-order valence-electron chi connectivity index (χ2n) is 5.48. The van der Waals surface area contributed by atoms with E-state index in [0.29, 0.717) is 11.9 Å². The zero-order valence-electron chi connectivity index (χ0n) is 13.2. The molecule has 1 rings (SSSR count). The van der Waals surface area contributed by atoms with Gasteiger partial charge in [-0.2, -0.15) is 0 Å². The lowest BCUT2D eigenvalue weighted by atomic mass is 9.99. The molecule has 4 nitrogen and oxygen atoms in total. The van der Waals surface area contributed by atoms with Gasteiger partial charge in [-0.05, 0) is 57.1 Å². The maximum atomic E-state index is 5.87. The molecule has 0 spiro atoms. The van der Waals surface area contributed by atoms with Crippen molar-refractivity contribution in [3.63, 3.8) is 0 Å². The van der Waals surface area contributed by atoms with Crippen LogP contribution in [0.2, 0.25) is 0 Å². The summed E-state index contributed by atoms with van der Waals surface area (Å²) < 4.78 is 0. The molecule has 0 aromatic heterocycles. The van der Waals surface area contributed by atoms with Crippen molar-refractivity contribution in [1.82, 2.24) is 4.90 Å². The van der Waals surface area contributed by atoms with Crippen molar-refractivity contribution >= 4 is 11.6 Å². The average molecular weight is 276 g/mol. The summed E-state index contributed by atoms with van der Waals surface area (Å²) in [7, 11) is 4.12. The number of benzene rings is 1. The van der Waals surface area contributed by atoms with Crippen LogP contribution in [0.15, 0.2) is 29.3 Å². The molecule has 0 amide bonds. The largest absolute Gasteiger partial charge is 0.370 e. The van der Waals surface area contributed by atoms with Crippen LogP contribution in [0.4, 0.5) is 5.69 Å². The van der Waals surface area contributed by atoms with Gasteiger partial charge in [-0.3, -0.25) is 4.99 Å². The maximum Gasteiger partial charge on any atom is 0.193 e. The smallest absolute Gasteiger partial charge is 0.193 e. The number of nitrogens with zero attached hydrogens (tertiary/aromatic N) is 2. The minimum Gasteiger partial charge on any atom is -0.370 e. The summed E-state index contributed by atoms with van der Waals surface area (Å²) in [4.78, 5) is 6.47. The summed E-state index contributed by atoms with van der Waals surface area (Å²) >= 11 is 0. The van der Waals surface area contributed by atoms with Crippen LogP contribution >= 0.6 is 0 Å². The number of nitrogens with two attached hydrogens (primary N) is 1. The number of guanidine groups is 1. The normalized spacial score (nSPS) is 13.6. The topological polar surface area (TPSA) is 53.6 Å². The minimum atomic E-state index is 0.486. The third kappa shape index (κ3) is 6.06. The predicted molar refractivity (Wildman–Crippen MR) is 88.4 cm³/mol. The number of hydrogen-bond acceptors (Lipinski definition) is 2. The first-order valence-electron chi connectivity index (χ1n) is 7.34. The molecular formula is C16H28N4. The Kier molecular flexibility index (Phi) is 7.09. The molecule has 112 valence electrons. The van der Waals surface area contributed by atoms with E-state index in [2.05, 4.69) is 67.4 Å². The van der Waals surface area contributed by atoms with Gasteiger partial charge in [0.15, 0.2) is 5.96 Å². The van der Waals surface area contributed by atoms with Crippen molar-refractivity contribution in [2.24, 2.45) is 10.7 Å². The second-order valence-corrected chi connectivity index (χ2v) is 5.48. The lowest BCUT2D eigenvalue weighted by Crippen LogP contribution is -2.23. The van der Waals surface area contributed by atoms with Crippen molar-refractivity contribution in [2.45, 2.75) is 32.6 Å². The first-order valence-corrected chi connectivity index (χ1v) is 7.34. The van der Waals surface area contributed by atoms with Crippen LogP contribution in [-0.4, -0.2) is 38.0 Å². The van der Waals surface area contributed by atoms with Gasteiger partial charge >= 0.3 is 0 Å². The molecule has 0 heterocycles. The SMILES string of the molecule is CCC(C)c1ccc(NC(N)=NCCCN(C)C)cc1. The molecule has 1 unspecified atom stereocenters. The van der Waals surface area contributed by atoms with E-state index in [1.807, 2.05) is 0 Å². The van der Waals surface area contributed by atoms with Crippen LogP contribution < -0.4 is 11.1 Å². The number of nitrogens with one attached hydrogen (secondary N) is 1. The van der Waals surface area contributed by atoms with E-state index in [9.17, 15) is 0 Å². The molecule has 1 atom stereocenters. The van der Waals surface area contributed by atoms with Crippen molar-refractivity contribution < 1.29 is 0 Å². The molecule has 0 saturated heterocycles. The van der Waals surface area contributed by atoms with Gasteiger partial charge in [-0.25, -0.2) is 0 Å².